The molecular weight excluding hydrogens is 260 g/mol. The fourth-order valence-corrected chi connectivity index (χ4v) is 2.00. The Morgan fingerprint density at radius 1 is 0.905 bits per heavy atom. The molecule has 0 unspecified atom stereocenters. The van der Waals surface area contributed by atoms with E-state index in [2.05, 4.69) is 33.6 Å². The highest BCUT2D eigenvalue weighted by Gasteiger charge is 1.98. The van der Waals surface area contributed by atoms with E-state index < -0.39 is 0 Å². The van der Waals surface area contributed by atoms with Crippen LogP contribution >= 0.6 is 0 Å². The van der Waals surface area contributed by atoms with Crippen LogP contribution in [0.15, 0.2) is 54.7 Å². The predicted octanol–water partition coefficient (Wildman–Crippen LogP) is 3.51. The third-order valence-electron chi connectivity index (χ3n) is 3.14. The summed E-state index contributed by atoms with van der Waals surface area (Å²) in [4.78, 5) is 0. The van der Waals surface area contributed by atoms with Gasteiger partial charge >= 0.3 is 0 Å². The van der Waals surface area contributed by atoms with E-state index in [1.807, 2.05) is 48.6 Å². The molecule has 0 aliphatic heterocycles. The van der Waals surface area contributed by atoms with E-state index in [0.717, 1.165) is 22.4 Å². The van der Waals surface area contributed by atoms with Gasteiger partial charge in [-0.25, -0.2) is 0 Å². The van der Waals surface area contributed by atoms with Crippen molar-refractivity contribution in [2.45, 2.75) is 0 Å². The Balaban J connectivity index is 1.78. The number of aromatic amines is 1. The molecule has 0 bridgehead atoms. The molecule has 1 N–H and O–H groups in total. The number of aromatic nitrogens is 3. The molecule has 0 amide bonds. The summed E-state index contributed by atoms with van der Waals surface area (Å²) >= 11 is 0. The van der Waals surface area contributed by atoms with Crippen LogP contribution in [0, 0.1) is 11.3 Å². The van der Waals surface area contributed by atoms with Crippen molar-refractivity contribution in [3.05, 3.63) is 71.5 Å². The van der Waals surface area contributed by atoms with Gasteiger partial charge in [0.25, 0.3) is 0 Å². The number of nitrogens with one attached hydrogen (secondary N) is 1. The first-order valence-corrected chi connectivity index (χ1v) is 6.49. The molecular formula is C17H12N4. The van der Waals surface area contributed by atoms with E-state index in [1.165, 1.54) is 0 Å². The Kier molecular flexibility index (Phi) is 3.57. The first kappa shape index (κ1) is 12.8. The molecule has 1 heterocycles. The maximum absolute atomic E-state index is 8.80. The lowest BCUT2D eigenvalue weighted by Gasteiger charge is -2.02. The molecule has 4 nitrogen and oxygen atoms in total. The van der Waals surface area contributed by atoms with Crippen LogP contribution in [0.2, 0.25) is 0 Å². The van der Waals surface area contributed by atoms with Crippen LogP contribution < -0.4 is 0 Å². The van der Waals surface area contributed by atoms with E-state index in [-0.39, 0.29) is 0 Å². The highest BCUT2D eigenvalue weighted by molar-refractivity contribution is 5.71. The van der Waals surface area contributed by atoms with Gasteiger partial charge < -0.3 is 0 Å². The molecule has 21 heavy (non-hydrogen) atoms. The topological polar surface area (TPSA) is 65.4 Å². The fourth-order valence-electron chi connectivity index (χ4n) is 2.00. The van der Waals surface area contributed by atoms with Crippen molar-refractivity contribution < 1.29 is 0 Å². The number of nitrogens with zero attached hydrogens (tertiary/aromatic N) is 3. The van der Waals surface area contributed by atoms with Gasteiger partial charge in [0, 0.05) is 0 Å². The van der Waals surface area contributed by atoms with Crippen LogP contribution in [-0.4, -0.2) is 15.4 Å². The first-order chi connectivity index (χ1) is 10.3. The van der Waals surface area contributed by atoms with Gasteiger partial charge in [0.2, 0.25) is 0 Å². The van der Waals surface area contributed by atoms with E-state index in [4.69, 9.17) is 5.26 Å². The normalized spacial score (nSPS) is 10.6. The second kappa shape index (κ2) is 5.85. The SMILES string of the molecule is N#Cc1ccc(-c2ccc(/C=C/c3cn[nH]n3)cc2)cc1. The summed E-state index contributed by atoms with van der Waals surface area (Å²) in [6.45, 7) is 0. The van der Waals surface area contributed by atoms with Crippen LogP contribution in [0.25, 0.3) is 23.3 Å². The molecule has 0 spiro atoms. The average Bonchev–Trinajstić information content (AvgIpc) is 3.07. The van der Waals surface area contributed by atoms with Crippen LogP contribution in [0.4, 0.5) is 0 Å². The van der Waals surface area contributed by atoms with Gasteiger partial charge in [0.15, 0.2) is 0 Å². The van der Waals surface area contributed by atoms with Crippen molar-refractivity contribution in [2.24, 2.45) is 0 Å². The average molecular weight is 272 g/mol. The third kappa shape index (κ3) is 3.04. The lowest BCUT2D eigenvalue weighted by Crippen LogP contribution is -1.80. The summed E-state index contributed by atoms with van der Waals surface area (Å²) in [7, 11) is 0. The summed E-state index contributed by atoms with van der Waals surface area (Å²) in [5.41, 5.74) is 4.78. The summed E-state index contributed by atoms with van der Waals surface area (Å²) in [6.07, 6.45) is 5.56. The highest BCUT2D eigenvalue weighted by Crippen LogP contribution is 2.20. The molecule has 2 aromatic carbocycles. The molecule has 100 valence electrons. The van der Waals surface area contributed by atoms with Gasteiger partial charge in [-0.05, 0) is 34.9 Å². The van der Waals surface area contributed by atoms with E-state index in [0.29, 0.717) is 5.56 Å². The Morgan fingerprint density at radius 3 is 2.14 bits per heavy atom. The van der Waals surface area contributed by atoms with Gasteiger partial charge in [0.05, 0.1) is 17.8 Å². The standard InChI is InChI=1S/C17H12N4/c18-11-14-3-8-16(9-4-14)15-6-1-13(2-7-15)5-10-17-12-19-21-20-17/h1-10,12H,(H,19,20,21)/b10-5+. The lowest BCUT2D eigenvalue weighted by molar-refractivity contribution is 0.937. The van der Waals surface area contributed by atoms with Crippen LogP contribution in [-0.2, 0) is 0 Å². The minimum absolute atomic E-state index is 0.672. The molecule has 3 aromatic rings. The van der Waals surface area contributed by atoms with Crippen LogP contribution in [0.1, 0.15) is 16.8 Å². The molecule has 1 aromatic heterocycles. The zero-order valence-electron chi connectivity index (χ0n) is 11.2. The summed E-state index contributed by atoms with van der Waals surface area (Å²) < 4.78 is 0. The second-order valence-corrected chi connectivity index (χ2v) is 4.54. The van der Waals surface area contributed by atoms with Gasteiger partial charge in [0.1, 0.15) is 5.69 Å². The first-order valence-electron chi connectivity index (χ1n) is 6.49. The summed E-state index contributed by atoms with van der Waals surface area (Å²) in [5, 5.41) is 19.1. The lowest BCUT2D eigenvalue weighted by atomic mass is 10.0. The minimum Gasteiger partial charge on any atom is -0.197 e. The maximum atomic E-state index is 8.80. The molecule has 0 radical (unpaired) electrons. The second-order valence-electron chi connectivity index (χ2n) is 4.54. The Labute approximate surface area is 122 Å². The zero-order valence-corrected chi connectivity index (χ0v) is 11.2. The van der Waals surface area contributed by atoms with Crippen molar-refractivity contribution >= 4 is 12.2 Å². The number of rotatable bonds is 3. The van der Waals surface area contributed by atoms with Crippen molar-refractivity contribution in [2.75, 3.05) is 0 Å². The Morgan fingerprint density at radius 2 is 1.57 bits per heavy atom. The summed E-state index contributed by atoms with van der Waals surface area (Å²) in [5.74, 6) is 0. The van der Waals surface area contributed by atoms with E-state index >= 15 is 0 Å². The molecule has 0 atom stereocenters. The maximum Gasteiger partial charge on any atom is 0.105 e. The fraction of sp³-hybridized carbons (Fsp3) is 0. The molecule has 0 fully saturated rings. The van der Waals surface area contributed by atoms with Crippen molar-refractivity contribution in [3.8, 4) is 17.2 Å². The number of H-pyrrole nitrogens is 1. The third-order valence-corrected chi connectivity index (χ3v) is 3.14. The molecule has 3 rings (SSSR count). The minimum atomic E-state index is 0.672. The molecule has 0 aliphatic carbocycles. The number of hydrogen-bond donors (Lipinski definition) is 1. The Hall–Kier alpha value is -3.19. The van der Waals surface area contributed by atoms with Gasteiger partial charge in [-0.15, -0.1) is 0 Å². The van der Waals surface area contributed by atoms with Crippen LogP contribution in [0.3, 0.4) is 0 Å². The number of hydrogen-bond acceptors (Lipinski definition) is 3. The van der Waals surface area contributed by atoms with Crippen LogP contribution in [0.5, 0.6) is 0 Å². The van der Waals surface area contributed by atoms with Crippen molar-refractivity contribution in [1.29, 1.82) is 5.26 Å². The van der Waals surface area contributed by atoms with Gasteiger partial charge in [-0.2, -0.15) is 20.7 Å². The predicted molar refractivity (Wildman–Crippen MR) is 81.9 cm³/mol. The monoisotopic (exact) mass is 272 g/mol. The number of nitriles is 1. The Bertz CT molecular complexity index is 776. The van der Waals surface area contributed by atoms with Crippen molar-refractivity contribution in [3.63, 3.8) is 0 Å². The van der Waals surface area contributed by atoms with Crippen molar-refractivity contribution in [1.82, 2.24) is 15.4 Å². The number of benzene rings is 2. The largest absolute Gasteiger partial charge is 0.197 e. The summed E-state index contributed by atoms with van der Waals surface area (Å²) in [6, 6.07) is 17.9. The van der Waals surface area contributed by atoms with E-state index in [1.54, 1.807) is 6.20 Å². The molecule has 4 heteroatoms. The van der Waals surface area contributed by atoms with Gasteiger partial charge in [-0.1, -0.05) is 42.5 Å². The molecule has 0 saturated heterocycles. The van der Waals surface area contributed by atoms with Gasteiger partial charge in [-0.3, -0.25) is 0 Å². The zero-order chi connectivity index (χ0) is 14.5. The highest BCUT2D eigenvalue weighted by atomic mass is 15.3. The van der Waals surface area contributed by atoms with E-state index in [9.17, 15) is 0 Å². The quantitative estimate of drug-likeness (QED) is 0.793. The smallest absolute Gasteiger partial charge is 0.105 e. The molecule has 0 aliphatic rings. The molecule has 0 saturated carbocycles.